The summed E-state index contributed by atoms with van der Waals surface area (Å²) in [5.74, 6) is 0.208. The summed E-state index contributed by atoms with van der Waals surface area (Å²) in [6.45, 7) is 0.0395. The molecule has 34 heavy (non-hydrogen) atoms. The fourth-order valence-corrected chi connectivity index (χ4v) is 3.33. The van der Waals surface area contributed by atoms with E-state index in [4.69, 9.17) is 9.47 Å². The van der Waals surface area contributed by atoms with Crippen LogP contribution in [-0.2, 0) is 27.3 Å². The third kappa shape index (κ3) is 6.71. The zero-order valence-electron chi connectivity index (χ0n) is 19.6. The van der Waals surface area contributed by atoms with Crippen molar-refractivity contribution >= 4 is 28.5 Å². The third-order valence-electron chi connectivity index (χ3n) is 5.24. The maximum Gasteiger partial charge on any atom is 0.259 e. The molecule has 0 saturated carbocycles. The highest BCUT2D eigenvalue weighted by Gasteiger charge is 2.12. The monoisotopic (exact) mass is 463 g/mol. The number of nitrogens with one attached hydrogen (secondary N) is 2. The molecule has 8 nitrogen and oxygen atoms in total. The van der Waals surface area contributed by atoms with Gasteiger partial charge in [-0.25, -0.2) is 0 Å². The van der Waals surface area contributed by atoms with Crippen molar-refractivity contribution in [2.24, 2.45) is 0 Å². The van der Waals surface area contributed by atoms with E-state index in [1.807, 2.05) is 42.5 Å². The first kappa shape index (κ1) is 24.6. The average Bonchev–Trinajstić information content (AvgIpc) is 2.85. The van der Waals surface area contributed by atoms with E-state index in [2.05, 4.69) is 10.6 Å². The van der Waals surface area contributed by atoms with Crippen LogP contribution < -0.4 is 20.1 Å². The zero-order chi connectivity index (χ0) is 24.5. The van der Waals surface area contributed by atoms with Crippen molar-refractivity contribution in [3.05, 3.63) is 71.8 Å². The topological polar surface area (TPSA) is 97.0 Å². The SMILES string of the molecule is COc1cc(CNC(=O)CNC(=O)Cc2cccc3ccccc23)ccc1OCC(=O)N(C)C. The van der Waals surface area contributed by atoms with Crippen molar-refractivity contribution in [3.8, 4) is 11.5 Å². The molecule has 2 N–H and O–H groups in total. The summed E-state index contributed by atoms with van der Waals surface area (Å²) >= 11 is 0. The van der Waals surface area contributed by atoms with Gasteiger partial charge in [-0.2, -0.15) is 0 Å². The molecule has 8 heteroatoms. The second-order valence-corrected chi connectivity index (χ2v) is 7.93. The van der Waals surface area contributed by atoms with Gasteiger partial charge in [0.1, 0.15) is 0 Å². The van der Waals surface area contributed by atoms with E-state index < -0.39 is 0 Å². The quantitative estimate of drug-likeness (QED) is 0.481. The van der Waals surface area contributed by atoms with Gasteiger partial charge in [0.05, 0.1) is 20.1 Å². The van der Waals surface area contributed by atoms with Crippen molar-refractivity contribution in [2.45, 2.75) is 13.0 Å². The van der Waals surface area contributed by atoms with Crippen LogP contribution in [-0.4, -0.2) is 57.0 Å². The molecule has 0 unspecified atom stereocenters. The van der Waals surface area contributed by atoms with Gasteiger partial charge in [-0.1, -0.05) is 48.5 Å². The second-order valence-electron chi connectivity index (χ2n) is 7.93. The molecule has 178 valence electrons. The Labute approximate surface area is 198 Å². The van der Waals surface area contributed by atoms with E-state index in [-0.39, 0.29) is 43.8 Å². The van der Waals surface area contributed by atoms with E-state index in [9.17, 15) is 14.4 Å². The van der Waals surface area contributed by atoms with Crippen LogP contribution in [0.2, 0.25) is 0 Å². The second kappa shape index (κ2) is 11.7. The van der Waals surface area contributed by atoms with Crippen LogP contribution in [0, 0.1) is 0 Å². The number of hydrogen-bond acceptors (Lipinski definition) is 5. The molecular weight excluding hydrogens is 434 g/mol. The molecule has 3 aromatic carbocycles. The number of rotatable bonds is 10. The summed E-state index contributed by atoms with van der Waals surface area (Å²) in [5.41, 5.74) is 1.70. The van der Waals surface area contributed by atoms with Crippen molar-refractivity contribution in [3.63, 3.8) is 0 Å². The molecule has 0 aliphatic carbocycles. The minimum Gasteiger partial charge on any atom is -0.493 e. The number of ether oxygens (including phenoxy) is 2. The Kier molecular flexibility index (Phi) is 8.45. The molecule has 3 rings (SSSR count). The Morgan fingerprint density at radius 1 is 0.882 bits per heavy atom. The van der Waals surface area contributed by atoms with Crippen molar-refractivity contribution in [1.82, 2.24) is 15.5 Å². The fraction of sp³-hybridized carbons (Fsp3) is 0.269. The van der Waals surface area contributed by atoms with Gasteiger partial charge in [-0.15, -0.1) is 0 Å². The summed E-state index contributed by atoms with van der Waals surface area (Å²) in [5, 5.41) is 7.54. The van der Waals surface area contributed by atoms with Gasteiger partial charge in [0, 0.05) is 20.6 Å². The van der Waals surface area contributed by atoms with Gasteiger partial charge in [0.2, 0.25) is 11.8 Å². The fourth-order valence-electron chi connectivity index (χ4n) is 3.33. The van der Waals surface area contributed by atoms with Crippen molar-refractivity contribution in [2.75, 3.05) is 34.4 Å². The first-order valence-electron chi connectivity index (χ1n) is 10.9. The Hall–Kier alpha value is -4.07. The van der Waals surface area contributed by atoms with E-state index in [1.165, 1.54) is 12.0 Å². The Morgan fingerprint density at radius 2 is 1.65 bits per heavy atom. The number of fused-ring (bicyclic) bond motifs is 1. The number of amides is 3. The average molecular weight is 464 g/mol. The highest BCUT2D eigenvalue weighted by Crippen LogP contribution is 2.28. The minimum atomic E-state index is -0.304. The van der Waals surface area contributed by atoms with E-state index in [0.717, 1.165) is 21.9 Å². The molecule has 0 heterocycles. The lowest BCUT2D eigenvalue weighted by molar-refractivity contribution is -0.130. The molecule has 0 atom stereocenters. The number of hydrogen-bond donors (Lipinski definition) is 2. The highest BCUT2D eigenvalue weighted by atomic mass is 16.5. The van der Waals surface area contributed by atoms with Gasteiger partial charge in [0.15, 0.2) is 18.1 Å². The van der Waals surface area contributed by atoms with Crippen LogP contribution in [0.5, 0.6) is 11.5 Å². The van der Waals surface area contributed by atoms with Crippen LogP contribution in [0.4, 0.5) is 0 Å². The standard InChI is InChI=1S/C26H29N3O5/c1-29(2)26(32)17-34-22-12-11-18(13-23(22)33-3)15-27-25(31)16-28-24(30)14-20-9-6-8-19-7-4-5-10-21(19)20/h4-13H,14-17H2,1-3H3,(H,27,31)(H,28,30). The van der Waals surface area contributed by atoms with Crippen LogP contribution >= 0.6 is 0 Å². The summed E-state index contributed by atoms with van der Waals surface area (Å²) in [7, 11) is 4.81. The maximum absolute atomic E-state index is 12.4. The molecule has 3 aromatic rings. The lowest BCUT2D eigenvalue weighted by Crippen LogP contribution is -2.37. The maximum atomic E-state index is 12.4. The first-order chi connectivity index (χ1) is 16.4. The lowest BCUT2D eigenvalue weighted by atomic mass is 10.0. The van der Waals surface area contributed by atoms with E-state index in [0.29, 0.717) is 11.5 Å². The van der Waals surface area contributed by atoms with Crippen LogP contribution in [0.15, 0.2) is 60.7 Å². The largest absolute Gasteiger partial charge is 0.493 e. The highest BCUT2D eigenvalue weighted by molar-refractivity contribution is 5.91. The van der Waals surface area contributed by atoms with Gasteiger partial charge >= 0.3 is 0 Å². The van der Waals surface area contributed by atoms with Gasteiger partial charge in [-0.05, 0) is 34.0 Å². The molecule has 3 amide bonds. The molecule has 0 aliphatic heterocycles. The predicted molar refractivity (Wildman–Crippen MR) is 130 cm³/mol. The normalized spacial score (nSPS) is 10.4. The van der Waals surface area contributed by atoms with Crippen LogP contribution in [0.25, 0.3) is 10.8 Å². The Balaban J connectivity index is 1.48. The molecule has 0 fully saturated rings. The summed E-state index contributed by atoms with van der Waals surface area (Å²) in [4.78, 5) is 37.7. The molecule has 0 radical (unpaired) electrons. The van der Waals surface area contributed by atoms with Gasteiger partial charge in [-0.3, -0.25) is 14.4 Å². The number of carbonyl (C=O) groups excluding carboxylic acids is 3. The Bertz CT molecular complexity index is 1170. The van der Waals surface area contributed by atoms with Crippen molar-refractivity contribution in [1.29, 1.82) is 0 Å². The minimum absolute atomic E-state index is 0.0993. The number of carbonyl (C=O) groups is 3. The summed E-state index contributed by atoms with van der Waals surface area (Å²) in [6.07, 6.45) is 0.198. The molecule has 0 aliphatic rings. The molecule has 0 bridgehead atoms. The first-order valence-corrected chi connectivity index (χ1v) is 10.9. The van der Waals surface area contributed by atoms with Gasteiger partial charge < -0.3 is 25.0 Å². The van der Waals surface area contributed by atoms with Crippen LogP contribution in [0.3, 0.4) is 0 Å². The Morgan fingerprint density at radius 3 is 2.41 bits per heavy atom. The molecule has 0 spiro atoms. The summed E-state index contributed by atoms with van der Waals surface area (Å²) < 4.78 is 10.9. The summed E-state index contributed by atoms with van der Waals surface area (Å²) in [6, 6.07) is 18.9. The number of likely N-dealkylation sites (N-methyl/N-ethyl adjacent to an activating group) is 1. The number of methoxy groups -OCH3 is 1. The van der Waals surface area contributed by atoms with Gasteiger partial charge in [0.25, 0.3) is 5.91 Å². The zero-order valence-corrected chi connectivity index (χ0v) is 19.6. The molecule has 0 aromatic heterocycles. The predicted octanol–water partition coefficient (Wildman–Crippen LogP) is 2.29. The number of nitrogens with zero attached hydrogens (tertiary/aromatic N) is 1. The smallest absolute Gasteiger partial charge is 0.259 e. The third-order valence-corrected chi connectivity index (χ3v) is 5.24. The molecular formula is C26H29N3O5. The number of benzene rings is 3. The lowest BCUT2D eigenvalue weighted by Gasteiger charge is -2.14. The van der Waals surface area contributed by atoms with E-state index in [1.54, 1.807) is 32.3 Å². The van der Waals surface area contributed by atoms with Crippen LogP contribution in [0.1, 0.15) is 11.1 Å². The van der Waals surface area contributed by atoms with E-state index >= 15 is 0 Å². The molecule has 0 saturated heterocycles. The van der Waals surface area contributed by atoms with Crippen molar-refractivity contribution < 1.29 is 23.9 Å².